The van der Waals surface area contributed by atoms with Gasteiger partial charge in [0.15, 0.2) is 0 Å². The first kappa shape index (κ1) is 24.6. The lowest BCUT2D eigenvalue weighted by atomic mass is 9.79. The first-order valence-electron chi connectivity index (χ1n) is 10.9. The van der Waals surface area contributed by atoms with E-state index in [2.05, 4.69) is 0 Å². The summed E-state index contributed by atoms with van der Waals surface area (Å²) in [5, 5.41) is 18.1. The average molecular weight is 468 g/mol. The van der Waals surface area contributed by atoms with Gasteiger partial charge in [-0.15, -0.1) is 11.8 Å². The van der Waals surface area contributed by atoms with Crippen molar-refractivity contribution in [2.75, 3.05) is 19.9 Å². The number of amidine groups is 1. The molecule has 0 spiro atoms. The molecule has 3 aliphatic rings. The molecule has 10 heteroatoms. The van der Waals surface area contributed by atoms with Gasteiger partial charge >= 0.3 is 11.9 Å². The highest BCUT2D eigenvalue weighted by molar-refractivity contribution is 8.03. The molecule has 3 aliphatic heterocycles. The fourth-order valence-corrected chi connectivity index (χ4v) is 5.88. The van der Waals surface area contributed by atoms with Crippen molar-refractivity contribution in [2.45, 2.75) is 65.4 Å². The predicted octanol–water partition coefficient (Wildman–Crippen LogP) is 1.95. The molecule has 9 nitrogen and oxygen atoms in total. The minimum Gasteiger partial charge on any atom is -0.427 e. The first-order chi connectivity index (χ1) is 14.8. The normalized spacial score (nSPS) is 28.4. The van der Waals surface area contributed by atoms with Crippen LogP contribution < -0.4 is 0 Å². The van der Waals surface area contributed by atoms with Crippen LogP contribution in [-0.2, 0) is 23.9 Å². The third-order valence-corrected chi connectivity index (χ3v) is 7.74. The number of fused-ring (bicyclic) bond motifs is 1. The van der Waals surface area contributed by atoms with Gasteiger partial charge in [-0.05, 0) is 41.0 Å². The van der Waals surface area contributed by atoms with E-state index in [0.29, 0.717) is 12.4 Å². The zero-order chi connectivity index (χ0) is 24.0. The zero-order valence-electron chi connectivity index (χ0n) is 19.5. The van der Waals surface area contributed by atoms with E-state index in [1.165, 1.54) is 4.90 Å². The molecule has 0 radical (unpaired) electrons. The minimum atomic E-state index is -0.817. The largest absolute Gasteiger partial charge is 0.427 e. The summed E-state index contributed by atoms with van der Waals surface area (Å²) < 4.78 is 10.3. The van der Waals surface area contributed by atoms with Crippen molar-refractivity contribution in [2.24, 2.45) is 17.3 Å². The van der Waals surface area contributed by atoms with E-state index in [-0.39, 0.29) is 28.8 Å². The lowest BCUT2D eigenvalue weighted by Crippen LogP contribution is -2.63. The van der Waals surface area contributed by atoms with Gasteiger partial charge in [-0.25, -0.2) is 4.79 Å². The van der Waals surface area contributed by atoms with Gasteiger partial charge in [-0.1, -0.05) is 6.92 Å². The van der Waals surface area contributed by atoms with Gasteiger partial charge < -0.3 is 24.4 Å². The molecular weight excluding hydrogens is 434 g/mol. The van der Waals surface area contributed by atoms with Gasteiger partial charge in [0.2, 0.25) is 12.7 Å². The van der Waals surface area contributed by atoms with Crippen LogP contribution in [0.4, 0.5) is 0 Å². The number of hydrogen-bond acceptors (Lipinski definition) is 8. The van der Waals surface area contributed by atoms with Crippen LogP contribution >= 0.6 is 11.8 Å². The Balaban J connectivity index is 1.78. The summed E-state index contributed by atoms with van der Waals surface area (Å²) in [5.74, 6) is -1.68. The van der Waals surface area contributed by atoms with Gasteiger partial charge in [0.25, 0.3) is 0 Å². The van der Waals surface area contributed by atoms with E-state index >= 15 is 0 Å². The summed E-state index contributed by atoms with van der Waals surface area (Å²) >= 11 is 1.55. The van der Waals surface area contributed by atoms with Crippen LogP contribution in [0.3, 0.4) is 0 Å². The number of hydrogen-bond donors (Lipinski definition) is 2. The van der Waals surface area contributed by atoms with E-state index in [4.69, 9.17) is 14.9 Å². The topological polar surface area (TPSA) is 120 Å². The van der Waals surface area contributed by atoms with Crippen LogP contribution in [-0.4, -0.2) is 75.9 Å². The molecule has 3 rings (SSSR count). The number of thioether (sulfide) groups is 1. The highest BCUT2D eigenvalue weighted by Crippen LogP contribution is 2.52. The number of esters is 2. The second kappa shape index (κ2) is 9.05. The number of nitrogens with zero attached hydrogens (tertiary/aromatic N) is 2. The molecule has 3 heterocycles. The van der Waals surface area contributed by atoms with Crippen molar-refractivity contribution in [3.63, 3.8) is 0 Å². The van der Waals surface area contributed by atoms with E-state index < -0.39 is 36.2 Å². The highest BCUT2D eigenvalue weighted by Gasteiger charge is 2.60. The molecule has 0 aliphatic carbocycles. The number of rotatable bonds is 6. The van der Waals surface area contributed by atoms with Crippen LogP contribution in [0.25, 0.3) is 0 Å². The van der Waals surface area contributed by atoms with Crippen molar-refractivity contribution in [3.8, 4) is 0 Å². The monoisotopic (exact) mass is 467 g/mol. The Labute approximate surface area is 193 Å². The van der Waals surface area contributed by atoms with Crippen LogP contribution in [0.5, 0.6) is 0 Å². The molecule has 0 aromatic carbocycles. The Bertz CT molecular complexity index is 849. The summed E-state index contributed by atoms with van der Waals surface area (Å²) in [6.07, 6.45) is 0.0456. The number of aliphatic hydroxyl groups is 1. The van der Waals surface area contributed by atoms with Crippen molar-refractivity contribution in [3.05, 3.63) is 10.6 Å². The van der Waals surface area contributed by atoms with E-state index in [9.17, 15) is 19.5 Å². The Hall–Kier alpha value is -2.07. The van der Waals surface area contributed by atoms with Crippen molar-refractivity contribution < 1.29 is 29.0 Å². The number of nitrogens with one attached hydrogen (secondary N) is 1. The maximum atomic E-state index is 13.0. The molecule has 4 unspecified atom stereocenters. The van der Waals surface area contributed by atoms with Crippen molar-refractivity contribution in [1.82, 2.24) is 9.80 Å². The van der Waals surface area contributed by atoms with Gasteiger partial charge in [0.05, 0.1) is 29.3 Å². The molecule has 5 atom stereocenters. The Morgan fingerprint density at radius 2 is 1.97 bits per heavy atom. The number of ether oxygens (including phenoxy) is 2. The minimum absolute atomic E-state index is 0.132. The highest BCUT2D eigenvalue weighted by atomic mass is 32.2. The number of amides is 1. The van der Waals surface area contributed by atoms with Gasteiger partial charge in [-0.2, -0.15) is 0 Å². The number of β-lactam (4-membered cyclic amide) rings is 1. The Morgan fingerprint density at radius 3 is 2.50 bits per heavy atom. The molecule has 0 aromatic rings. The molecule has 2 N–H and O–H groups in total. The third-order valence-electron chi connectivity index (χ3n) is 6.21. The van der Waals surface area contributed by atoms with E-state index in [1.54, 1.807) is 46.4 Å². The fraction of sp³-hybridized carbons (Fsp3) is 0.727. The van der Waals surface area contributed by atoms with E-state index in [0.717, 1.165) is 17.9 Å². The molecule has 32 heavy (non-hydrogen) atoms. The fourth-order valence-electron chi connectivity index (χ4n) is 4.40. The molecule has 1 amide bonds. The molecule has 2 saturated heterocycles. The number of likely N-dealkylation sites (tertiary alicyclic amines) is 1. The number of carbonyl (C=O) groups excluding carboxylic acids is 3. The Kier molecular flexibility index (Phi) is 6.95. The first-order valence-corrected chi connectivity index (χ1v) is 11.8. The molecule has 0 bridgehead atoms. The quantitative estimate of drug-likeness (QED) is 0.200. The van der Waals surface area contributed by atoms with Crippen LogP contribution in [0.1, 0.15) is 48.0 Å². The molecular formula is C22H33N3O6S. The van der Waals surface area contributed by atoms with Crippen LogP contribution in [0.15, 0.2) is 10.6 Å². The van der Waals surface area contributed by atoms with Crippen LogP contribution in [0, 0.1) is 22.7 Å². The van der Waals surface area contributed by atoms with Crippen LogP contribution in [0.2, 0.25) is 0 Å². The standard InChI is InChI=1S/C22H33N3O6S/c1-11-16-15(12(2)26)19(27)25(16)17(20(28)30-10-31-21(29)22(4,5)6)18(11)32-14-7-8-24(9-14)13(3)23/h11-12,14-16,23,26H,7-10H2,1-6H3/t11?,12?,14?,15?,16-/m1/s1. The summed E-state index contributed by atoms with van der Waals surface area (Å²) in [5.41, 5.74) is -0.537. The molecule has 2 fully saturated rings. The van der Waals surface area contributed by atoms with Gasteiger partial charge in [-0.3, -0.25) is 15.0 Å². The summed E-state index contributed by atoms with van der Waals surface area (Å²) in [7, 11) is 0. The maximum Gasteiger partial charge on any atom is 0.358 e. The van der Waals surface area contributed by atoms with E-state index in [1.807, 2.05) is 11.8 Å². The van der Waals surface area contributed by atoms with Crippen molar-refractivity contribution in [1.29, 1.82) is 5.41 Å². The maximum absolute atomic E-state index is 13.0. The van der Waals surface area contributed by atoms with Gasteiger partial charge in [0.1, 0.15) is 5.70 Å². The smallest absolute Gasteiger partial charge is 0.358 e. The number of aliphatic hydroxyl groups excluding tert-OH is 1. The molecule has 178 valence electrons. The number of carbonyl (C=O) groups is 3. The predicted molar refractivity (Wildman–Crippen MR) is 119 cm³/mol. The summed E-state index contributed by atoms with van der Waals surface area (Å²) in [4.78, 5) is 41.9. The lowest BCUT2D eigenvalue weighted by Gasteiger charge is -2.46. The third kappa shape index (κ3) is 4.52. The van der Waals surface area contributed by atoms with Gasteiger partial charge in [0, 0.05) is 29.2 Å². The molecule has 0 aromatic heterocycles. The lowest BCUT2D eigenvalue weighted by molar-refractivity contribution is -0.175. The SMILES string of the molecule is CC(=N)N1CCC(SC2=C(C(=O)OCOC(=O)C(C)(C)C)N3C(=O)C(C(C)O)[C@H]3C2C)C1. The summed E-state index contributed by atoms with van der Waals surface area (Å²) in [6.45, 7) is 11.3. The van der Waals surface area contributed by atoms with Crippen molar-refractivity contribution >= 4 is 35.4 Å². The Morgan fingerprint density at radius 1 is 1.31 bits per heavy atom. The molecule has 0 saturated carbocycles. The zero-order valence-corrected chi connectivity index (χ0v) is 20.3. The summed E-state index contributed by atoms with van der Waals surface area (Å²) in [6, 6.07) is -0.299. The second-order valence-corrected chi connectivity index (χ2v) is 11.1. The average Bonchev–Trinajstić information content (AvgIpc) is 3.23. The second-order valence-electron chi connectivity index (χ2n) is 9.76.